The topological polar surface area (TPSA) is 83.4 Å². The average Bonchev–Trinajstić information content (AvgIpc) is 3.40. The van der Waals surface area contributed by atoms with Crippen molar-refractivity contribution in [2.75, 3.05) is 11.9 Å². The fraction of sp³-hybridized carbons (Fsp3) is 0.241. The van der Waals surface area contributed by atoms with Crippen LogP contribution in [0.3, 0.4) is 0 Å². The molecule has 0 bridgehead atoms. The minimum Gasteiger partial charge on any atom is -0.322 e. The molecule has 194 valence electrons. The first kappa shape index (κ1) is 25.8. The lowest BCUT2D eigenvalue weighted by Gasteiger charge is -2.27. The maximum Gasteiger partial charge on any atom is 0.265 e. The number of carbonyl (C=O) groups is 3. The Morgan fingerprint density at radius 2 is 1.92 bits per heavy atom. The number of hydrogen-bond acceptors (Lipinski definition) is 5. The van der Waals surface area contributed by atoms with E-state index in [-0.39, 0.29) is 23.1 Å². The Bertz CT molecular complexity index is 1510. The van der Waals surface area contributed by atoms with Crippen LogP contribution in [0.15, 0.2) is 54.6 Å². The van der Waals surface area contributed by atoms with Gasteiger partial charge in [0, 0.05) is 28.5 Å². The monoisotopic (exact) mass is 544 g/mol. The van der Waals surface area contributed by atoms with Crippen molar-refractivity contribution in [2.45, 2.75) is 39.5 Å². The first-order valence-corrected chi connectivity index (χ1v) is 13.7. The molecule has 1 saturated heterocycles. The summed E-state index contributed by atoms with van der Waals surface area (Å²) in [5.41, 5.74) is 5.04. The molecule has 2 aliphatic rings. The fourth-order valence-electron chi connectivity index (χ4n) is 5.05. The summed E-state index contributed by atoms with van der Waals surface area (Å²) >= 11 is 6.81. The zero-order chi connectivity index (χ0) is 27.0. The molecular weight excluding hydrogens is 516 g/mol. The smallest absolute Gasteiger partial charge is 0.265 e. The van der Waals surface area contributed by atoms with E-state index >= 15 is 0 Å². The predicted octanol–water partition coefficient (Wildman–Crippen LogP) is 5.10. The Morgan fingerprint density at radius 3 is 2.66 bits per heavy atom. The van der Waals surface area contributed by atoms with Gasteiger partial charge in [0.1, 0.15) is 10.6 Å². The van der Waals surface area contributed by atoms with Crippen molar-refractivity contribution >= 4 is 58.2 Å². The Balaban J connectivity index is 1.58. The van der Waals surface area contributed by atoms with E-state index in [4.69, 9.17) is 12.2 Å². The standard InChI is InChI=1S/C29H28N4O3S2/c1-4-14-32-27(36)22(25(34)31-29(32)37)16-19-15-17(2)33(18(19)3)28-24(21-12-8-9-13-23(21)38-28)26(35)30-20-10-6-5-7-11-20/h4-7,10-11,15-16H,1,8-9,12-14H2,2-3H3,(H,30,35)(H,31,34,37)/b22-16+. The Labute approximate surface area is 230 Å². The molecule has 1 aliphatic carbocycles. The number of nitrogens with zero attached hydrogens (tertiary/aromatic N) is 2. The maximum atomic E-state index is 13.6. The van der Waals surface area contributed by atoms with Gasteiger partial charge >= 0.3 is 0 Å². The number of fused-ring (bicyclic) bond motifs is 1. The minimum absolute atomic E-state index is 0.00761. The van der Waals surface area contributed by atoms with Gasteiger partial charge < -0.3 is 9.88 Å². The summed E-state index contributed by atoms with van der Waals surface area (Å²) < 4.78 is 2.06. The van der Waals surface area contributed by atoms with E-state index in [2.05, 4.69) is 21.8 Å². The number of para-hydroxylation sites is 1. The first-order valence-electron chi connectivity index (χ1n) is 12.5. The highest BCUT2D eigenvalue weighted by atomic mass is 32.1. The number of nitrogens with one attached hydrogen (secondary N) is 2. The lowest BCUT2D eigenvalue weighted by Crippen LogP contribution is -2.53. The molecule has 5 rings (SSSR count). The van der Waals surface area contributed by atoms with E-state index < -0.39 is 11.8 Å². The van der Waals surface area contributed by atoms with Crippen molar-refractivity contribution in [1.82, 2.24) is 14.8 Å². The van der Waals surface area contributed by atoms with Crippen molar-refractivity contribution in [3.63, 3.8) is 0 Å². The number of aryl methyl sites for hydroxylation is 2. The molecule has 7 nitrogen and oxygen atoms in total. The van der Waals surface area contributed by atoms with Crippen LogP contribution in [0.25, 0.3) is 11.1 Å². The molecule has 2 aromatic heterocycles. The van der Waals surface area contributed by atoms with Crippen LogP contribution in [0, 0.1) is 13.8 Å². The van der Waals surface area contributed by atoms with Crippen LogP contribution in [-0.4, -0.2) is 38.8 Å². The highest BCUT2D eigenvalue weighted by Crippen LogP contribution is 2.39. The summed E-state index contributed by atoms with van der Waals surface area (Å²) in [4.78, 5) is 42.0. The van der Waals surface area contributed by atoms with Crippen molar-refractivity contribution in [3.8, 4) is 5.00 Å². The van der Waals surface area contributed by atoms with Crippen molar-refractivity contribution in [1.29, 1.82) is 0 Å². The zero-order valence-corrected chi connectivity index (χ0v) is 22.9. The number of benzene rings is 1. The van der Waals surface area contributed by atoms with Crippen molar-refractivity contribution in [2.24, 2.45) is 0 Å². The van der Waals surface area contributed by atoms with Crippen molar-refractivity contribution < 1.29 is 14.4 Å². The molecule has 2 N–H and O–H groups in total. The number of hydrogen-bond donors (Lipinski definition) is 2. The number of thiocarbonyl (C=S) groups is 1. The van der Waals surface area contributed by atoms with Gasteiger partial charge in [0.2, 0.25) is 0 Å². The van der Waals surface area contributed by atoms with E-state index in [0.29, 0.717) is 5.56 Å². The van der Waals surface area contributed by atoms with Crippen molar-refractivity contribution in [3.05, 3.63) is 87.6 Å². The fourth-order valence-corrected chi connectivity index (χ4v) is 6.80. The van der Waals surface area contributed by atoms with Crippen LogP contribution in [0.1, 0.15) is 50.6 Å². The SMILES string of the molecule is C=CCN1C(=O)/C(=C/c2cc(C)n(-c3sc4c(c3C(=O)Nc3ccccc3)CCCC4)c2C)C(=O)NC1=S. The lowest BCUT2D eigenvalue weighted by molar-refractivity contribution is -0.128. The molecule has 1 aliphatic heterocycles. The third kappa shape index (κ3) is 4.63. The lowest BCUT2D eigenvalue weighted by atomic mass is 9.95. The number of carbonyl (C=O) groups excluding carboxylic acids is 3. The van der Waals surface area contributed by atoms with Crippen LogP contribution in [0.5, 0.6) is 0 Å². The molecule has 3 amide bonds. The van der Waals surface area contributed by atoms with Crippen LogP contribution in [-0.2, 0) is 22.4 Å². The number of anilines is 1. The molecule has 0 unspecified atom stereocenters. The first-order chi connectivity index (χ1) is 18.3. The van der Waals surface area contributed by atoms with Gasteiger partial charge in [0.15, 0.2) is 5.11 Å². The van der Waals surface area contributed by atoms with Crippen LogP contribution in [0.4, 0.5) is 5.69 Å². The quantitative estimate of drug-likeness (QED) is 0.196. The van der Waals surface area contributed by atoms with Gasteiger partial charge in [0.05, 0.1) is 5.56 Å². The van der Waals surface area contributed by atoms with Gasteiger partial charge in [-0.25, -0.2) is 0 Å². The van der Waals surface area contributed by atoms with E-state index in [0.717, 1.165) is 58.9 Å². The van der Waals surface area contributed by atoms with E-state index in [1.165, 1.54) is 9.78 Å². The second kappa shape index (κ2) is 10.5. The highest BCUT2D eigenvalue weighted by molar-refractivity contribution is 7.80. The molecule has 38 heavy (non-hydrogen) atoms. The molecule has 0 atom stereocenters. The summed E-state index contributed by atoms with van der Waals surface area (Å²) in [6.45, 7) is 7.78. The molecule has 0 spiro atoms. The summed E-state index contributed by atoms with van der Waals surface area (Å²) in [7, 11) is 0. The Kier molecular flexibility index (Phi) is 7.14. The van der Waals surface area contributed by atoms with Gasteiger partial charge in [-0.2, -0.15) is 0 Å². The van der Waals surface area contributed by atoms with Gasteiger partial charge in [-0.3, -0.25) is 24.6 Å². The van der Waals surface area contributed by atoms with Crippen LogP contribution in [0.2, 0.25) is 0 Å². The number of aromatic nitrogens is 1. The molecular formula is C29H28N4O3S2. The molecule has 0 radical (unpaired) electrons. The predicted molar refractivity (Wildman–Crippen MR) is 155 cm³/mol. The minimum atomic E-state index is -0.528. The van der Waals surface area contributed by atoms with Gasteiger partial charge in [-0.1, -0.05) is 24.3 Å². The molecule has 3 aromatic rings. The molecule has 1 fully saturated rings. The third-order valence-corrected chi connectivity index (χ3v) is 8.48. The van der Waals surface area contributed by atoms with Gasteiger partial charge in [0.25, 0.3) is 17.7 Å². The highest BCUT2D eigenvalue weighted by Gasteiger charge is 2.33. The second-order valence-electron chi connectivity index (χ2n) is 9.39. The summed E-state index contributed by atoms with van der Waals surface area (Å²) in [6, 6.07) is 11.4. The van der Waals surface area contributed by atoms with Crippen LogP contribution >= 0.6 is 23.6 Å². The van der Waals surface area contributed by atoms with Crippen LogP contribution < -0.4 is 10.6 Å². The summed E-state index contributed by atoms with van der Waals surface area (Å²) in [5.74, 6) is -1.12. The molecule has 0 saturated carbocycles. The van der Waals surface area contributed by atoms with Gasteiger partial charge in [-0.15, -0.1) is 17.9 Å². The van der Waals surface area contributed by atoms with E-state index in [1.807, 2.05) is 50.2 Å². The normalized spacial score (nSPS) is 16.4. The van der Waals surface area contributed by atoms with E-state index in [9.17, 15) is 14.4 Å². The molecule has 3 heterocycles. The largest absolute Gasteiger partial charge is 0.322 e. The summed E-state index contributed by atoms with van der Waals surface area (Å²) in [5, 5.41) is 6.59. The average molecular weight is 545 g/mol. The number of rotatable bonds is 6. The third-order valence-electron chi connectivity index (χ3n) is 6.88. The maximum absolute atomic E-state index is 13.6. The zero-order valence-electron chi connectivity index (χ0n) is 21.3. The number of thiophene rings is 1. The molecule has 9 heteroatoms. The Morgan fingerprint density at radius 1 is 1.18 bits per heavy atom. The van der Waals surface area contributed by atoms with Gasteiger partial charge in [-0.05, 0) is 87.2 Å². The Hall–Kier alpha value is -3.82. The summed E-state index contributed by atoms with van der Waals surface area (Å²) in [6.07, 6.45) is 7.14. The van der Waals surface area contributed by atoms with E-state index in [1.54, 1.807) is 23.5 Å². The molecule has 1 aromatic carbocycles. The second-order valence-corrected chi connectivity index (χ2v) is 10.9. The number of amides is 3.